The molecular weight excluding hydrogens is 276 g/mol. The molecule has 1 aliphatic carbocycles. The van der Waals surface area contributed by atoms with E-state index in [1.54, 1.807) is 13.2 Å². The zero-order valence-corrected chi connectivity index (χ0v) is 13.1. The Morgan fingerprint density at radius 1 is 1.18 bits per heavy atom. The molecule has 1 saturated carbocycles. The van der Waals surface area contributed by atoms with Gasteiger partial charge in [0.2, 0.25) is 0 Å². The number of aryl methyl sites for hydroxylation is 1. The highest BCUT2D eigenvalue weighted by atomic mass is 16.5. The molecule has 22 heavy (non-hydrogen) atoms. The lowest BCUT2D eigenvalue weighted by molar-refractivity contribution is 0.299. The van der Waals surface area contributed by atoms with Crippen molar-refractivity contribution >= 4 is 10.9 Å². The fourth-order valence-corrected chi connectivity index (χ4v) is 3.41. The number of nitrogens with zero attached hydrogens (tertiary/aromatic N) is 1. The third-order valence-corrected chi connectivity index (χ3v) is 4.85. The smallest absolute Gasteiger partial charge is 0.251 e. The van der Waals surface area contributed by atoms with Crippen LogP contribution in [0.25, 0.3) is 10.9 Å². The molecule has 1 aromatic heterocycles. The number of methoxy groups -OCH3 is 1. The van der Waals surface area contributed by atoms with Crippen LogP contribution in [-0.4, -0.2) is 17.7 Å². The highest BCUT2D eigenvalue weighted by Crippen LogP contribution is 2.27. The van der Waals surface area contributed by atoms with Gasteiger partial charge < -0.3 is 15.0 Å². The van der Waals surface area contributed by atoms with Gasteiger partial charge in [-0.15, -0.1) is 0 Å². The number of pyridine rings is 1. The lowest BCUT2D eigenvalue weighted by Gasteiger charge is -2.26. The lowest BCUT2D eigenvalue weighted by Crippen LogP contribution is -2.28. The van der Waals surface area contributed by atoms with E-state index in [-0.39, 0.29) is 5.56 Å². The molecule has 2 aromatic rings. The Morgan fingerprint density at radius 2 is 1.91 bits per heavy atom. The van der Waals surface area contributed by atoms with E-state index in [0.717, 1.165) is 42.5 Å². The van der Waals surface area contributed by atoms with E-state index in [4.69, 9.17) is 10.5 Å². The van der Waals surface area contributed by atoms with Crippen LogP contribution in [0, 0.1) is 5.92 Å². The summed E-state index contributed by atoms with van der Waals surface area (Å²) >= 11 is 0. The first kappa shape index (κ1) is 15.1. The summed E-state index contributed by atoms with van der Waals surface area (Å²) in [6.45, 7) is 0.767. The SMILES string of the molecule is COc1ccc2ccc(=O)n(CCC3CCC(N)CC3)c2c1. The molecule has 0 spiro atoms. The van der Waals surface area contributed by atoms with E-state index in [1.807, 2.05) is 28.8 Å². The van der Waals surface area contributed by atoms with Gasteiger partial charge in [-0.25, -0.2) is 0 Å². The highest BCUT2D eigenvalue weighted by molar-refractivity contribution is 5.80. The number of benzene rings is 1. The Balaban J connectivity index is 1.83. The summed E-state index contributed by atoms with van der Waals surface area (Å²) in [5, 5.41) is 1.08. The predicted octanol–water partition coefficient (Wildman–Crippen LogP) is 2.92. The van der Waals surface area contributed by atoms with Crippen LogP contribution in [0.3, 0.4) is 0 Å². The van der Waals surface area contributed by atoms with Crippen LogP contribution >= 0.6 is 0 Å². The molecule has 0 atom stereocenters. The van der Waals surface area contributed by atoms with Crippen molar-refractivity contribution in [3.05, 3.63) is 40.7 Å². The van der Waals surface area contributed by atoms with Gasteiger partial charge in [-0.05, 0) is 61.6 Å². The largest absolute Gasteiger partial charge is 0.497 e. The number of rotatable bonds is 4. The second-order valence-corrected chi connectivity index (χ2v) is 6.32. The Kier molecular flexibility index (Phi) is 4.48. The van der Waals surface area contributed by atoms with Gasteiger partial charge in [-0.3, -0.25) is 4.79 Å². The number of hydrogen-bond donors (Lipinski definition) is 1. The minimum Gasteiger partial charge on any atom is -0.497 e. The Hall–Kier alpha value is -1.81. The van der Waals surface area contributed by atoms with Crippen LogP contribution in [0.4, 0.5) is 0 Å². The van der Waals surface area contributed by atoms with Gasteiger partial charge in [0.15, 0.2) is 0 Å². The molecule has 4 nitrogen and oxygen atoms in total. The third-order valence-electron chi connectivity index (χ3n) is 4.85. The maximum atomic E-state index is 12.3. The van der Waals surface area contributed by atoms with Crippen LogP contribution in [0.2, 0.25) is 0 Å². The summed E-state index contributed by atoms with van der Waals surface area (Å²) in [5.41, 5.74) is 6.99. The van der Waals surface area contributed by atoms with E-state index < -0.39 is 0 Å². The minimum atomic E-state index is 0.0632. The summed E-state index contributed by atoms with van der Waals surface area (Å²) in [6, 6.07) is 9.80. The molecule has 0 amide bonds. The van der Waals surface area contributed by atoms with Crippen LogP contribution in [0.1, 0.15) is 32.1 Å². The molecule has 2 N–H and O–H groups in total. The van der Waals surface area contributed by atoms with Crippen molar-refractivity contribution in [2.24, 2.45) is 11.7 Å². The van der Waals surface area contributed by atoms with Crippen molar-refractivity contribution in [2.75, 3.05) is 7.11 Å². The summed E-state index contributed by atoms with van der Waals surface area (Å²) in [7, 11) is 1.65. The average Bonchev–Trinajstić information content (AvgIpc) is 2.55. The first-order chi connectivity index (χ1) is 10.7. The molecule has 4 heteroatoms. The van der Waals surface area contributed by atoms with Gasteiger partial charge in [0.1, 0.15) is 5.75 Å². The molecule has 0 radical (unpaired) electrons. The third kappa shape index (κ3) is 3.17. The predicted molar refractivity (Wildman–Crippen MR) is 89.3 cm³/mol. The fraction of sp³-hybridized carbons (Fsp3) is 0.500. The maximum absolute atomic E-state index is 12.3. The number of ether oxygens (including phenoxy) is 1. The molecule has 3 rings (SSSR count). The number of aromatic nitrogens is 1. The summed E-state index contributed by atoms with van der Waals surface area (Å²) in [4.78, 5) is 12.3. The van der Waals surface area contributed by atoms with Crippen molar-refractivity contribution in [3.63, 3.8) is 0 Å². The van der Waals surface area contributed by atoms with Crippen LogP contribution in [0.15, 0.2) is 35.1 Å². The summed E-state index contributed by atoms with van der Waals surface area (Å²) in [5.74, 6) is 1.48. The van der Waals surface area contributed by atoms with Gasteiger partial charge >= 0.3 is 0 Å². The molecule has 0 aliphatic heterocycles. The summed E-state index contributed by atoms with van der Waals surface area (Å²) in [6.07, 6.45) is 5.64. The molecule has 1 aliphatic rings. The molecule has 0 unspecified atom stereocenters. The van der Waals surface area contributed by atoms with Crippen molar-refractivity contribution in [1.82, 2.24) is 4.57 Å². The second-order valence-electron chi connectivity index (χ2n) is 6.32. The normalized spacial score (nSPS) is 21.9. The van der Waals surface area contributed by atoms with E-state index >= 15 is 0 Å². The lowest BCUT2D eigenvalue weighted by atomic mass is 9.84. The topological polar surface area (TPSA) is 57.2 Å². The first-order valence-electron chi connectivity index (χ1n) is 8.10. The summed E-state index contributed by atoms with van der Waals surface area (Å²) < 4.78 is 7.18. The van der Waals surface area contributed by atoms with E-state index in [2.05, 4.69) is 0 Å². The fourth-order valence-electron chi connectivity index (χ4n) is 3.41. The molecule has 1 heterocycles. The molecule has 1 fully saturated rings. The van der Waals surface area contributed by atoms with Gasteiger partial charge in [-0.1, -0.05) is 0 Å². The standard InChI is InChI=1S/C18H24N2O2/c1-22-16-8-4-14-5-9-18(21)20(17(14)12-16)11-10-13-2-6-15(19)7-3-13/h4-5,8-9,12-13,15H,2-3,6-7,10-11,19H2,1H3. The molecule has 0 bridgehead atoms. The van der Waals surface area contributed by atoms with Crippen LogP contribution < -0.4 is 16.0 Å². The Bertz CT molecular complexity index is 700. The quantitative estimate of drug-likeness (QED) is 0.944. The average molecular weight is 300 g/mol. The molecule has 118 valence electrons. The first-order valence-corrected chi connectivity index (χ1v) is 8.10. The zero-order chi connectivity index (χ0) is 15.5. The Labute approximate surface area is 130 Å². The van der Waals surface area contributed by atoms with Crippen LogP contribution in [-0.2, 0) is 6.54 Å². The second kappa shape index (κ2) is 6.53. The van der Waals surface area contributed by atoms with Gasteiger partial charge in [-0.2, -0.15) is 0 Å². The van der Waals surface area contributed by atoms with Crippen molar-refractivity contribution in [1.29, 1.82) is 0 Å². The minimum absolute atomic E-state index is 0.0632. The molecule has 0 saturated heterocycles. The zero-order valence-electron chi connectivity index (χ0n) is 13.1. The van der Waals surface area contributed by atoms with E-state index in [9.17, 15) is 4.79 Å². The van der Waals surface area contributed by atoms with Crippen molar-refractivity contribution in [3.8, 4) is 5.75 Å². The number of fused-ring (bicyclic) bond motifs is 1. The molecular formula is C18H24N2O2. The molecule has 1 aromatic carbocycles. The maximum Gasteiger partial charge on any atom is 0.251 e. The monoisotopic (exact) mass is 300 g/mol. The van der Waals surface area contributed by atoms with Gasteiger partial charge in [0, 0.05) is 24.7 Å². The highest BCUT2D eigenvalue weighted by Gasteiger charge is 2.18. The van der Waals surface area contributed by atoms with Crippen molar-refractivity contribution < 1.29 is 4.74 Å². The number of hydrogen-bond acceptors (Lipinski definition) is 3. The van der Waals surface area contributed by atoms with E-state index in [0.29, 0.717) is 12.0 Å². The van der Waals surface area contributed by atoms with Crippen LogP contribution in [0.5, 0.6) is 5.75 Å². The Morgan fingerprint density at radius 3 is 2.64 bits per heavy atom. The van der Waals surface area contributed by atoms with Crippen molar-refractivity contribution in [2.45, 2.75) is 44.7 Å². The number of nitrogens with two attached hydrogens (primary N) is 1. The van der Waals surface area contributed by atoms with Gasteiger partial charge in [0.25, 0.3) is 5.56 Å². The van der Waals surface area contributed by atoms with E-state index in [1.165, 1.54) is 12.8 Å². The van der Waals surface area contributed by atoms with Gasteiger partial charge in [0.05, 0.1) is 12.6 Å².